The molecule has 0 bridgehead atoms. The first-order valence-corrected chi connectivity index (χ1v) is 7.23. The van der Waals surface area contributed by atoms with E-state index >= 15 is 0 Å². The van der Waals surface area contributed by atoms with E-state index in [1.807, 2.05) is 33.8 Å². The molecule has 1 aromatic heterocycles. The number of urea groups is 1. The van der Waals surface area contributed by atoms with Gasteiger partial charge in [0.15, 0.2) is 0 Å². The summed E-state index contributed by atoms with van der Waals surface area (Å²) in [5, 5.41) is 5.76. The minimum atomic E-state index is -0.146. The molecule has 114 valence electrons. The number of amides is 2. The summed E-state index contributed by atoms with van der Waals surface area (Å²) in [6.07, 6.45) is 1.88. The van der Waals surface area contributed by atoms with Gasteiger partial charge in [0.25, 0.3) is 0 Å². The number of hydrogen-bond acceptors (Lipinski definition) is 3. The van der Waals surface area contributed by atoms with Crippen molar-refractivity contribution >= 4 is 6.03 Å². The average molecular weight is 282 g/mol. The number of carbonyl (C=O) groups excluding carboxylic acids is 1. The summed E-state index contributed by atoms with van der Waals surface area (Å²) in [6.45, 7) is 9.90. The molecule has 0 fully saturated rings. The van der Waals surface area contributed by atoms with Gasteiger partial charge in [-0.05, 0) is 46.6 Å². The topological polar surface area (TPSA) is 63.5 Å². The maximum Gasteiger partial charge on any atom is 0.315 e. The normalized spacial score (nSPS) is 12.2. The monoisotopic (exact) mass is 282 g/mol. The quantitative estimate of drug-likeness (QED) is 0.720. The van der Waals surface area contributed by atoms with E-state index in [4.69, 9.17) is 9.15 Å². The molecule has 0 aliphatic rings. The summed E-state index contributed by atoms with van der Waals surface area (Å²) in [6, 6.07) is 1.76. The van der Waals surface area contributed by atoms with Crippen molar-refractivity contribution in [3.8, 4) is 0 Å². The van der Waals surface area contributed by atoms with Crippen LogP contribution in [0, 0.1) is 13.8 Å². The van der Waals surface area contributed by atoms with Crippen LogP contribution in [0.4, 0.5) is 4.79 Å². The molecule has 0 radical (unpaired) electrons. The first kappa shape index (κ1) is 16.6. The maximum absolute atomic E-state index is 11.7. The van der Waals surface area contributed by atoms with Crippen LogP contribution in [-0.2, 0) is 4.74 Å². The molecule has 0 aliphatic carbocycles. The Kier molecular flexibility index (Phi) is 7.15. The zero-order valence-electron chi connectivity index (χ0n) is 12.9. The van der Waals surface area contributed by atoms with E-state index in [9.17, 15) is 4.79 Å². The van der Waals surface area contributed by atoms with Gasteiger partial charge in [-0.1, -0.05) is 0 Å². The summed E-state index contributed by atoms with van der Waals surface area (Å²) in [5.41, 5.74) is 1.02. The predicted molar refractivity (Wildman–Crippen MR) is 78.9 cm³/mol. The Bertz CT molecular complexity index is 415. The summed E-state index contributed by atoms with van der Waals surface area (Å²) in [7, 11) is 0. The molecule has 2 amide bonds. The third-order valence-corrected chi connectivity index (χ3v) is 3.10. The largest absolute Gasteiger partial charge is 0.466 e. The van der Waals surface area contributed by atoms with Gasteiger partial charge >= 0.3 is 6.03 Å². The molecular weight excluding hydrogens is 256 g/mol. The Morgan fingerprint density at radius 2 is 2.15 bits per heavy atom. The second kappa shape index (κ2) is 8.64. The molecule has 20 heavy (non-hydrogen) atoms. The zero-order chi connectivity index (χ0) is 15.0. The van der Waals surface area contributed by atoms with Gasteiger partial charge in [-0.25, -0.2) is 4.79 Å². The molecule has 1 unspecified atom stereocenters. The van der Waals surface area contributed by atoms with Crippen LogP contribution in [0.15, 0.2) is 10.5 Å². The average Bonchev–Trinajstić information content (AvgIpc) is 2.73. The van der Waals surface area contributed by atoms with E-state index in [1.165, 1.54) is 0 Å². The van der Waals surface area contributed by atoms with Crippen LogP contribution >= 0.6 is 0 Å². The van der Waals surface area contributed by atoms with E-state index in [1.54, 1.807) is 0 Å². The van der Waals surface area contributed by atoms with Gasteiger partial charge in [-0.15, -0.1) is 0 Å². The molecular formula is C15H26N2O3. The second-order valence-corrected chi connectivity index (χ2v) is 4.89. The molecule has 1 aromatic rings. The van der Waals surface area contributed by atoms with Gasteiger partial charge in [-0.3, -0.25) is 0 Å². The number of hydrogen-bond donors (Lipinski definition) is 2. The Balaban J connectivity index is 2.23. The molecule has 5 nitrogen and oxygen atoms in total. The molecule has 2 N–H and O–H groups in total. The van der Waals surface area contributed by atoms with E-state index in [0.29, 0.717) is 6.54 Å². The molecule has 0 aliphatic heterocycles. The van der Waals surface area contributed by atoms with Crippen molar-refractivity contribution < 1.29 is 13.9 Å². The van der Waals surface area contributed by atoms with Crippen LogP contribution in [0.5, 0.6) is 0 Å². The Morgan fingerprint density at radius 1 is 1.40 bits per heavy atom. The van der Waals surface area contributed by atoms with Gasteiger partial charge in [0.1, 0.15) is 11.5 Å². The first-order chi connectivity index (χ1) is 9.54. The third kappa shape index (κ3) is 5.65. The van der Waals surface area contributed by atoms with Crippen LogP contribution in [-0.4, -0.2) is 25.8 Å². The van der Waals surface area contributed by atoms with Gasteiger partial charge in [0.2, 0.25) is 0 Å². The minimum Gasteiger partial charge on any atom is -0.466 e. The number of ether oxygens (including phenoxy) is 1. The highest BCUT2D eigenvalue weighted by Crippen LogP contribution is 2.20. The predicted octanol–water partition coefficient (Wildman–Crippen LogP) is 3.07. The second-order valence-electron chi connectivity index (χ2n) is 4.89. The van der Waals surface area contributed by atoms with E-state index < -0.39 is 0 Å². The maximum atomic E-state index is 11.7. The Labute approximate surface area is 121 Å². The number of nitrogens with one attached hydrogen (secondary N) is 2. The highest BCUT2D eigenvalue weighted by Gasteiger charge is 2.14. The summed E-state index contributed by atoms with van der Waals surface area (Å²) in [4.78, 5) is 11.7. The smallest absolute Gasteiger partial charge is 0.315 e. The minimum absolute atomic E-state index is 0.0594. The molecule has 1 heterocycles. The van der Waals surface area contributed by atoms with Gasteiger partial charge in [-0.2, -0.15) is 0 Å². The first-order valence-electron chi connectivity index (χ1n) is 7.23. The summed E-state index contributed by atoms with van der Waals surface area (Å²) >= 11 is 0. The molecule has 1 atom stereocenters. The van der Waals surface area contributed by atoms with Crippen molar-refractivity contribution in [1.82, 2.24) is 10.6 Å². The number of furan rings is 1. The van der Waals surface area contributed by atoms with Gasteiger partial charge < -0.3 is 19.8 Å². The number of unbranched alkanes of at least 4 members (excludes halogenated alkanes) is 1. The lowest BCUT2D eigenvalue weighted by molar-refractivity contribution is 0.143. The summed E-state index contributed by atoms with van der Waals surface area (Å²) < 4.78 is 10.7. The zero-order valence-corrected chi connectivity index (χ0v) is 12.9. The van der Waals surface area contributed by atoms with Crippen LogP contribution in [0.2, 0.25) is 0 Å². The highest BCUT2D eigenvalue weighted by atomic mass is 16.5. The SMILES string of the molecule is CCOCCCCNC(=O)NC(C)c1cc(C)oc1C. The lowest BCUT2D eigenvalue weighted by Crippen LogP contribution is -2.37. The lowest BCUT2D eigenvalue weighted by Gasteiger charge is -2.14. The summed E-state index contributed by atoms with van der Waals surface area (Å²) in [5.74, 6) is 1.72. The van der Waals surface area contributed by atoms with E-state index in [0.717, 1.165) is 43.1 Å². The number of aryl methyl sites for hydroxylation is 2. The molecule has 0 saturated heterocycles. The number of rotatable bonds is 8. The molecule has 0 spiro atoms. The van der Waals surface area contributed by atoms with Crippen LogP contribution < -0.4 is 10.6 Å². The van der Waals surface area contributed by atoms with E-state index in [2.05, 4.69) is 10.6 Å². The Morgan fingerprint density at radius 3 is 2.75 bits per heavy atom. The van der Waals surface area contributed by atoms with E-state index in [-0.39, 0.29) is 12.1 Å². The third-order valence-electron chi connectivity index (χ3n) is 3.10. The molecule has 0 saturated carbocycles. The lowest BCUT2D eigenvalue weighted by atomic mass is 10.1. The van der Waals surface area contributed by atoms with Crippen molar-refractivity contribution in [3.05, 3.63) is 23.2 Å². The Hall–Kier alpha value is -1.49. The van der Waals surface area contributed by atoms with Crippen molar-refractivity contribution in [2.24, 2.45) is 0 Å². The molecule has 1 rings (SSSR count). The van der Waals surface area contributed by atoms with Crippen LogP contribution in [0.1, 0.15) is 49.8 Å². The fraction of sp³-hybridized carbons (Fsp3) is 0.667. The molecule has 5 heteroatoms. The standard InChI is InChI=1S/C15H26N2O3/c1-5-19-9-7-6-8-16-15(18)17-12(3)14-10-11(2)20-13(14)4/h10,12H,5-9H2,1-4H3,(H2,16,17,18). The molecule has 0 aromatic carbocycles. The van der Waals surface area contributed by atoms with Crippen molar-refractivity contribution in [3.63, 3.8) is 0 Å². The van der Waals surface area contributed by atoms with Crippen LogP contribution in [0.3, 0.4) is 0 Å². The van der Waals surface area contributed by atoms with Crippen molar-refractivity contribution in [2.75, 3.05) is 19.8 Å². The van der Waals surface area contributed by atoms with Crippen LogP contribution in [0.25, 0.3) is 0 Å². The van der Waals surface area contributed by atoms with Crippen molar-refractivity contribution in [1.29, 1.82) is 0 Å². The highest BCUT2D eigenvalue weighted by molar-refractivity contribution is 5.74. The fourth-order valence-electron chi connectivity index (χ4n) is 2.08. The number of carbonyl (C=O) groups is 1. The fourth-order valence-corrected chi connectivity index (χ4v) is 2.08. The van der Waals surface area contributed by atoms with Gasteiger partial charge in [0.05, 0.1) is 6.04 Å². The van der Waals surface area contributed by atoms with Gasteiger partial charge in [0, 0.05) is 25.3 Å². The van der Waals surface area contributed by atoms with Crippen molar-refractivity contribution in [2.45, 2.75) is 46.6 Å².